The van der Waals surface area contributed by atoms with Crippen molar-refractivity contribution in [2.24, 2.45) is 0 Å². The highest BCUT2D eigenvalue weighted by Crippen LogP contribution is 2.33. The molecule has 0 amide bonds. The van der Waals surface area contributed by atoms with Crippen LogP contribution in [0.3, 0.4) is 0 Å². The lowest BCUT2D eigenvalue weighted by molar-refractivity contribution is 0.682. The highest BCUT2D eigenvalue weighted by molar-refractivity contribution is 7.84. The van der Waals surface area contributed by atoms with E-state index in [9.17, 15) is 4.21 Å². The summed E-state index contributed by atoms with van der Waals surface area (Å²) in [6, 6.07) is 14.9. The van der Waals surface area contributed by atoms with E-state index in [-0.39, 0.29) is 0 Å². The molecule has 1 aromatic heterocycles. The predicted octanol–water partition coefficient (Wildman–Crippen LogP) is 3.82. The summed E-state index contributed by atoms with van der Waals surface area (Å²) < 4.78 is 12.5. The Kier molecular flexibility index (Phi) is 3.96. The van der Waals surface area contributed by atoms with Crippen LogP contribution in [0.25, 0.3) is 10.8 Å². The molecule has 4 rings (SSSR count). The lowest BCUT2D eigenvalue weighted by atomic mass is 10.0. The van der Waals surface area contributed by atoms with E-state index < -0.39 is 10.8 Å². The molecule has 0 aliphatic heterocycles. The monoisotopic (exact) mass is 321 g/mol. The maximum Gasteiger partial charge on any atom is 0.0491 e. The van der Waals surface area contributed by atoms with Crippen LogP contribution in [-0.2, 0) is 35.8 Å². The third-order valence-electron chi connectivity index (χ3n) is 4.65. The second-order valence-corrected chi connectivity index (χ2v) is 7.69. The summed E-state index contributed by atoms with van der Waals surface area (Å²) in [7, 11) is -0.841. The lowest BCUT2D eigenvalue weighted by Crippen LogP contribution is -2.04. The van der Waals surface area contributed by atoms with Crippen LogP contribution in [0, 0.1) is 0 Å². The number of hydrogen-bond acceptors (Lipinski definition) is 2. The molecule has 1 aliphatic carbocycles. The van der Waals surface area contributed by atoms with Crippen molar-refractivity contribution in [3.05, 3.63) is 77.1 Å². The van der Waals surface area contributed by atoms with E-state index >= 15 is 0 Å². The zero-order chi connectivity index (χ0) is 15.6. The molecule has 2 nitrogen and oxygen atoms in total. The average Bonchev–Trinajstić information content (AvgIpc) is 3.01. The maximum absolute atomic E-state index is 12.5. The first-order valence-corrected chi connectivity index (χ1v) is 9.56. The van der Waals surface area contributed by atoms with Crippen LogP contribution in [0.2, 0.25) is 0 Å². The van der Waals surface area contributed by atoms with E-state index in [4.69, 9.17) is 0 Å². The Morgan fingerprint density at radius 1 is 0.957 bits per heavy atom. The zero-order valence-electron chi connectivity index (χ0n) is 13.0. The number of nitrogens with zero attached hydrogens (tertiary/aromatic N) is 1. The van der Waals surface area contributed by atoms with Gasteiger partial charge in [0.25, 0.3) is 0 Å². The highest BCUT2D eigenvalue weighted by atomic mass is 32.2. The predicted molar refractivity (Wildman–Crippen MR) is 96.0 cm³/mol. The summed E-state index contributed by atoms with van der Waals surface area (Å²) >= 11 is 0. The van der Waals surface area contributed by atoms with Crippen LogP contribution in [0.15, 0.2) is 54.9 Å². The summed E-state index contributed by atoms with van der Waals surface area (Å²) in [6.45, 7) is 0. The number of rotatable bonds is 5. The fourth-order valence-corrected chi connectivity index (χ4v) is 4.67. The quantitative estimate of drug-likeness (QED) is 0.715. The summed E-state index contributed by atoms with van der Waals surface area (Å²) in [5.41, 5.74) is 5.32. The maximum atomic E-state index is 12.5. The molecule has 0 bridgehead atoms. The summed E-state index contributed by atoms with van der Waals surface area (Å²) in [6.07, 6.45) is 6.71. The average molecular weight is 321 g/mol. The fraction of sp³-hybridized carbons (Fsp3) is 0.250. The SMILES string of the molecule is O=[S@](CCc1ccncc1)Cc1ccc2c3c(cccc13)CC2. The molecule has 116 valence electrons. The molecule has 1 aliphatic rings. The van der Waals surface area contributed by atoms with Crippen LogP contribution < -0.4 is 0 Å². The fourth-order valence-electron chi connectivity index (χ4n) is 3.46. The van der Waals surface area contributed by atoms with E-state index in [2.05, 4.69) is 35.3 Å². The smallest absolute Gasteiger partial charge is 0.0491 e. The third kappa shape index (κ3) is 2.93. The Hall–Kier alpha value is -2.00. The second kappa shape index (κ2) is 6.25. The van der Waals surface area contributed by atoms with Crippen LogP contribution in [0.5, 0.6) is 0 Å². The van der Waals surface area contributed by atoms with Crippen LogP contribution in [0.4, 0.5) is 0 Å². The van der Waals surface area contributed by atoms with Crippen LogP contribution in [-0.4, -0.2) is 14.9 Å². The Morgan fingerprint density at radius 2 is 1.74 bits per heavy atom. The molecular formula is C20H19NOS. The molecule has 3 heteroatoms. The molecular weight excluding hydrogens is 302 g/mol. The Balaban J connectivity index is 1.53. The topological polar surface area (TPSA) is 30.0 Å². The van der Waals surface area contributed by atoms with E-state index in [0.29, 0.717) is 11.5 Å². The number of benzene rings is 2. The van der Waals surface area contributed by atoms with Gasteiger partial charge < -0.3 is 0 Å². The normalized spacial score (nSPS) is 14.3. The van der Waals surface area contributed by atoms with Gasteiger partial charge in [-0.1, -0.05) is 30.3 Å². The minimum Gasteiger partial charge on any atom is -0.265 e. The van der Waals surface area contributed by atoms with Crippen molar-refractivity contribution in [1.29, 1.82) is 0 Å². The van der Waals surface area contributed by atoms with Gasteiger partial charge in [0.05, 0.1) is 0 Å². The van der Waals surface area contributed by atoms with Gasteiger partial charge in [0.15, 0.2) is 0 Å². The van der Waals surface area contributed by atoms with Gasteiger partial charge >= 0.3 is 0 Å². The van der Waals surface area contributed by atoms with E-state index in [1.807, 2.05) is 12.1 Å². The van der Waals surface area contributed by atoms with Gasteiger partial charge in [0.1, 0.15) is 0 Å². The molecule has 0 saturated carbocycles. The molecule has 0 radical (unpaired) electrons. The van der Waals surface area contributed by atoms with Crippen molar-refractivity contribution in [3.8, 4) is 0 Å². The van der Waals surface area contributed by atoms with E-state index in [0.717, 1.165) is 19.3 Å². The number of pyridine rings is 1. The molecule has 0 fully saturated rings. The van der Waals surface area contributed by atoms with Gasteiger partial charge in [-0.3, -0.25) is 9.19 Å². The summed E-state index contributed by atoms with van der Waals surface area (Å²) in [5.74, 6) is 1.35. The van der Waals surface area contributed by atoms with Gasteiger partial charge in [-0.2, -0.15) is 0 Å². The van der Waals surface area contributed by atoms with Gasteiger partial charge in [-0.05, 0) is 64.4 Å². The van der Waals surface area contributed by atoms with Crippen molar-refractivity contribution < 1.29 is 4.21 Å². The molecule has 0 N–H and O–H groups in total. The molecule has 2 aromatic carbocycles. The van der Waals surface area contributed by atoms with Gasteiger partial charge in [0, 0.05) is 34.7 Å². The zero-order valence-corrected chi connectivity index (χ0v) is 13.8. The first kappa shape index (κ1) is 14.6. The standard InChI is InChI=1S/C20H19NOS/c22-23(13-10-15-8-11-21-12-9-15)14-18-7-6-17-5-4-16-2-1-3-19(18)20(16)17/h1-3,6-9,11-12H,4-5,10,13-14H2/t23-/m1/s1. The van der Waals surface area contributed by atoms with Crippen molar-refractivity contribution in [2.75, 3.05) is 5.75 Å². The van der Waals surface area contributed by atoms with Crippen LogP contribution in [0.1, 0.15) is 22.3 Å². The Labute approximate surface area is 139 Å². The molecule has 3 aromatic rings. The first-order valence-electron chi connectivity index (χ1n) is 8.07. The van der Waals surface area contributed by atoms with E-state index in [1.165, 1.54) is 33.0 Å². The van der Waals surface area contributed by atoms with Crippen LogP contribution >= 0.6 is 0 Å². The molecule has 0 unspecified atom stereocenters. The van der Waals surface area contributed by atoms with Crippen molar-refractivity contribution >= 4 is 21.6 Å². The summed E-state index contributed by atoms with van der Waals surface area (Å²) in [4.78, 5) is 4.02. The van der Waals surface area contributed by atoms with E-state index in [1.54, 1.807) is 12.4 Å². The largest absolute Gasteiger partial charge is 0.265 e. The lowest BCUT2D eigenvalue weighted by Gasteiger charge is -2.09. The van der Waals surface area contributed by atoms with Gasteiger partial charge in [0.2, 0.25) is 0 Å². The summed E-state index contributed by atoms with van der Waals surface area (Å²) in [5, 5.41) is 2.71. The molecule has 23 heavy (non-hydrogen) atoms. The van der Waals surface area contributed by atoms with Crippen molar-refractivity contribution in [1.82, 2.24) is 4.98 Å². The first-order chi connectivity index (χ1) is 11.3. The number of hydrogen-bond donors (Lipinski definition) is 0. The Bertz CT molecular complexity index is 863. The third-order valence-corrected chi connectivity index (χ3v) is 5.94. The van der Waals surface area contributed by atoms with Gasteiger partial charge in [-0.25, -0.2) is 0 Å². The Morgan fingerprint density at radius 3 is 2.57 bits per heavy atom. The van der Waals surface area contributed by atoms with Crippen molar-refractivity contribution in [3.63, 3.8) is 0 Å². The van der Waals surface area contributed by atoms with Crippen molar-refractivity contribution in [2.45, 2.75) is 25.0 Å². The molecule has 0 saturated heterocycles. The minimum atomic E-state index is -0.841. The molecule has 1 heterocycles. The minimum absolute atomic E-state index is 0.644. The second-order valence-electron chi connectivity index (χ2n) is 6.12. The number of aromatic nitrogens is 1. The highest BCUT2D eigenvalue weighted by Gasteiger charge is 2.16. The number of aryl methyl sites for hydroxylation is 3. The van der Waals surface area contributed by atoms with Gasteiger partial charge in [-0.15, -0.1) is 0 Å². The molecule has 1 atom stereocenters. The molecule has 0 spiro atoms.